The highest BCUT2D eigenvalue weighted by atomic mass is 28.4. The van der Waals surface area contributed by atoms with Crippen LogP contribution in [0.1, 0.15) is 66.2 Å². The van der Waals surface area contributed by atoms with Crippen LogP contribution < -0.4 is 0 Å². The van der Waals surface area contributed by atoms with Crippen molar-refractivity contribution in [3.63, 3.8) is 0 Å². The second kappa shape index (κ2) is 7.55. The Bertz CT molecular complexity index is 196. The van der Waals surface area contributed by atoms with Gasteiger partial charge < -0.3 is 8.85 Å². The first-order chi connectivity index (χ1) is 8.21. The third kappa shape index (κ3) is 3.55. The van der Waals surface area contributed by atoms with E-state index in [1.807, 2.05) is 0 Å². The second-order valence-electron chi connectivity index (χ2n) is 5.26. The van der Waals surface area contributed by atoms with Gasteiger partial charge in [-0.2, -0.15) is 0 Å². The van der Waals surface area contributed by atoms with Crippen LogP contribution >= 0.6 is 0 Å². The van der Waals surface area contributed by atoms with Crippen LogP contribution in [0.4, 0.5) is 0 Å². The van der Waals surface area contributed by atoms with Gasteiger partial charge in [-0.1, -0.05) is 33.1 Å². The lowest BCUT2D eigenvalue weighted by Gasteiger charge is -2.39. The molecule has 0 bridgehead atoms. The zero-order chi connectivity index (χ0) is 12.7. The summed E-state index contributed by atoms with van der Waals surface area (Å²) in [6, 6.07) is 0. The largest absolute Gasteiger partial charge is 0.394 e. The molecule has 0 aliphatic heterocycles. The molecule has 0 heterocycles. The van der Waals surface area contributed by atoms with Crippen LogP contribution in [0.25, 0.3) is 0 Å². The Balaban J connectivity index is 2.84. The zero-order valence-corrected chi connectivity index (χ0v) is 13.1. The normalized spacial score (nSPS) is 19.8. The van der Waals surface area contributed by atoms with Gasteiger partial charge in [0.05, 0.1) is 0 Å². The average molecular weight is 258 g/mol. The first-order valence-corrected chi connectivity index (χ1v) is 9.46. The third-order valence-electron chi connectivity index (χ3n) is 4.07. The second-order valence-corrected chi connectivity index (χ2v) is 9.08. The highest BCUT2D eigenvalue weighted by Gasteiger charge is 2.50. The fourth-order valence-corrected chi connectivity index (χ4v) is 8.11. The summed E-state index contributed by atoms with van der Waals surface area (Å²) >= 11 is 0. The molecule has 1 saturated carbocycles. The van der Waals surface area contributed by atoms with Crippen molar-refractivity contribution in [2.45, 2.75) is 77.3 Å². The van der Waals surface area contributed by atoms with Gasteiger partial charge in [0.1, 0.15) is 0 Å². The van der Waals surface area contributed by atoms with E-state index in [4.69, 9.17) is 8.85 Å². The number of hydrogen-bond donors (Lipinski definition) is 0. The average Bonchev–Trinajstić information content (AvgIpc) is 2.82. The minimum atomic E-state index is -1.99. The van der Waals surface area contributed by atoms with Gasteiger partial charge in [-0.05, 0) is 33.1 Å². The van der Waals surface area contributed by atoms with Gasteiger partial charge in [0, 0.05) is 24.3 Å². The summed E-state index contributed by atoms with van der Waals surface area (Å²) in [5.41, 5.74) is 1.37. The van der Waals surface area contributed by atoms with Crippen LogP contribution in [0.3, 0.4) is 0 Å². The van der Waals surface area contributed by atoms with Crippen molar-refractivity contribution in [2.24, 2.45) is 0 Å². The molecule has 0 amide bonds. The predicted octanol–water partition coefficient (Wildman–Crippen LogP) is 4.64. The standard InChI is InChI=1S/C14H30O2Si/c1-5-10-13(4)17(15-6-2,16-7-3)14-11-8-9-12-14/h13-14H,5-12H2,1-4H3. The quantitative estimate of drug-likeness (QED) is 0.591. The predicted molar refractivity (Wildman–Crippen MR) is 75.6 cm³/mol. The van der Waals surface area contributed by atoms with Gasteiger partial charge in [-0.3, -0.25) is 0 Å². The molecule has 0 N–H and O–H groups in total. The number of rotatable bonds is 8. The van der Waals surface area contributed by atoms with Crippen molar-refractivity contribution in [3.8, 4) is 0 Å². The van der Waals surface area contributed by atoms with Crippen LogP contribution in [0.2, 0.25) is 11.1 Å². The molecule has 102 valence electrons. The van der Waals surface area contributed by atoms with Gasteiger partial charge in [0.15, 0.2) is 0 Å². The summed E-state index contributed by atoms with van der Waals surface area (Å²) in [7, 11) is -1.99. The smallest absolute Gasteiger partial charge is 0.344 e. The summed E-state index contributed by atoms with van der Waals surface area (Å²) in [5, 5.41) is 0. The molecule has 0 spiro atoms. The van der Waals surface area contributed by atoms with Crippen molar-refractivity contribution in [2.75, 3.05) is 13.2 Å². The van der Waals surface area contributed by atoms with Crippen molar-refractivity contribution in [1.29, 1.82) is 0 Å². The van der Waals surface area contributed by atoms with Crippen molar-refractivity contribution in [3.05, 3.63) is 0 Å². The molecule has 0 aromatic rings. The van der Waals surface area contributed by atoms with Crippen LogP contribution in [-0.2, 0) is 8.85 Å². The Kier molecular flexibility index (Phi) is 6.74. The molecule has 1 aliphatic carbocycles. The molecule has 1 atom stereocenters. The summed E-state index contributed by atoms with van der Waals surface area (Å²) in [6.07, 6.45) is 7.91. The Hall–Kier alpha value is 0.137. The van der Waals surface area contributed by atoms with E-state index in [2.05, 4.69) is 27.7 Å². The molecule has 1 rings (SSSR count). The minimum Gasteiger partial charge on any atom is -0.394 e. The Morgan fingerprint density at radius 1 is 1.06 bits per heavy atom. The van der Waals surface area contributed by atoms with E-state index < -0.39 is 8.56 Å². The molecular formula is C14H30O2Si. The summed E-state index contributed by atoms with van der Waals surface area (Å²) < 4.78 is 12.6. The van der Waals surface area contributed by atoms with Gasteiger partial charge in [-0.25, -0.2) is 0 Å². The molecule has 1 fully saturated rings. The van der Waals surface area contributed by atoms with Crippen LogP contribution in [0.5, 0.6) is 0 Å². The Morgan fingerprint density at radius 2 is 1.59 bits per heavy atom. The fraction of sp³-hybridized carbons (Fsp3) is 1.00. The fourth-order valence-electron chi connectivity index (χ4n) is 3.38. The first-order valence-electron chi connectivity index (χ1n) is 7.49. The van der Waals surface area contributed by atoms with E-state index in [0.29, 0.717) is 5.54 Å². The zero-order valence-electron chi connectivity index (χ0n) is 12.1. The van der Waals surface area contributed by atoms with Crippen molar-refractivity contribution in [1.82, 2.24) is 0 Å². The lowest BCUT2D eigenvalue weighted by Crippen LogP contribution is -2.50. The summed E-state index contributed by atoms with van der Waals surface area (Å²) in [5.74, 6) is 0. The number of hydrogen-bond acceptors (Lipinski definition) is 2. The van der Waals surface area contributed by atoms with E-state index >= 15 is 0 Å². The van der Waals surface area contributed by atoms with E-state index in [1.165, 1.54) is 38.5 Å². The summed E-state index contributed by atoms with van der Waals surface area (Å²) in [4.78, 5) is 0. The molecule has 0 saturated heterocycles. The molecule has 0 aromatic heterocycles. The Morgan fingerprint density at radius 3 is 2.00 bits per heavy atom. The van der Waals surface area contributed by atoms with E-state index in [1.54, 1.807) is 0 Å². The maximum absolute atomic E-state index is 6.28. The van der Waals surface area contributed by atoms with Crippen LogP contribution in [-0.4, -0.2) is 21.8 Å². The molecular weight excluding hydrogens is 228 g/mol. The molecule has 0 radical (unpaired) electrons. The highest BCUT2D eigenvalue weighted by molar-refractivity contribution is 6.70. The minimum absolute atomic E-state index is 0.635. The van der Waals surface area contributed by atoms with Gasteiger partial charge in [0.25, 0.3) is 0 Å². The molecule has 1 unspecified atom stereocenters. The molecule has 1 aliphatic rings. The van der Waals surface area contributed by atoms with Crippen LogP contribution in [0.15, 0.2) is 0 Å². The maximum atomic E-state index is 6.28. The van der Waals surface area contributed by atoms with Crippen molar-refractivity contribution < 1.29 is 8.85 Å². The van der Waals surface area contributed by atoms with Crippen LogP contribution in [0, 0.1) is 0 Å². The molecule has 17 heavy (non-hydrogen) atoms. The maximum Gasteiger partial charge on any atom is 0.344 e. The summed E-state index contributed by atoms with van der Waals surface area (Å²) in [6.45, 7) is 10.5. The third-order valence-corrected chi connectivity index (χ3v) is 8.93. The van der Waals surface area contributed by atoms with Crippen molar-refractivity contribution >= 4 is 8.56 Å². The molecule has 2 nitrogen and oxygen atoms in total. The van der Waals surface area contributed by atoms with Gasteiger partial charge in [-0.15, -0.1) is 0 Å². The Labute approximate surface area is 108 Å². The van der Waals surface area contributed by atoms with E-state index in [-0.39, 0.29) is 0 Å². The highest BCUT2D eigenvalue weighted by Crippen LogP contribution is 2.46. The van der Waals surface area contributed by atoms with Gasteiger partial charge in [0.2, 0.25) is 0 Å². The monoisotopic (exact) mass is 258 g/mol. The molecule has 0 aromatic carbocycles. The van der Waals surface area contributed by atoms with Gasteiger partial charge >= 0.3 is 8.56 Å². The lowest BCUT2D eigenvalue weighted by atomic mass is 10.3. The topological polar surface area (TPSA) is 18.5 Å². The first kappa shape index (κ1) is 15.2. The lowest BCUT2D eigenvalue weighted by molar-refractivity contribution is 0.161. The van der Waals surface area contributed by atoms with E-state index in [0.717, 1.165) is 18.8 Å². The van der Waals surface area contributed by atoms with E-state index in [9.17, 15) is 0 Å². The molecule has 3 heteroatoms. The SMILES string of the molecule is CCCC(C)[Si](OCC)(OCC)C1CCCC1.